The Labute approximate surface area is 209 Å². The van der Waals surface area contributed by atoms with E-state index in [1.165, 1.54) is 44.9 Å². The molecule has 4 nitrogen and oxygen atoms in total. The third kappa shape index (κ3) is 15.6. The van der Waals surface area contributed by atoms with Crippen LogP contribution in [0.25, 0.3) is 0 Å². The van der Waals surface area contributed by atoms with Crippen molar-refractivity contribution in [1.29, 1.82) is 0 Å². The quantitative estimate of drug-likeness (QED) is 0.145. The number of hydrogen-bond acceptors (Lipinski definition) is 3. The van der Waals surface area contributed by atoms with Crippen molar-refractivity contribution in [2.45, 2.75) is 110 Å². The highest BCUT2D eigenvalue weighted by molar-refractivity contribution is 5.75. The zero-order chi connectivity index (χ0) is 24.7. The lowest BCUT2D eigenvalue weighted by Crippen LogP contribution is -2.22. The van der Waals surface area contributed by atoms with Gasteiger partial charge in [-0.3, -0.25) is 4.79 Å². The molecule has 0 aliphatic rings. The molecule has 0 radical (unpaired) electrons. The van der Waals surface area contributed by atoms with Crippen LogP contribution in [0, 0.1) is 0 Å². The van der Waals surface area contributed by atoms with Crippen molar-refractivity contribution in [3.05, 3.63) is 48.1 Å². The molecule has 34 heavy (non-hydrogen) atoms. The molecule has 1 amide bonds. The molecule has 0 saturated heterocycles. The summed E-state index contributed by atoms with van der Waals surface area (Å²) in [7, 11) is 1.65. The summed E-state index contributed by atoms with van der Waals surface area (Å²) in [6, 6.07) is 5.86. The molecule has 0 atom stereocenters. The van der Waals surface area contributed by atoms with Crippen LogP contribution >= 0.6 is 0 Å². The van der Waals surface area contributed by atoms with Gasteiger partial charge in [0.15, 0.2) is 11.5 Å². The molecule has 0 aliphatic heterocycles. The van der Waals surface area contributed by atoms with Crippen molar-refractivity contribution < 1.29 is 14.3 Å². The number of amides is 1. The van der Waals surface area contributed by atoms with Crippen LogP contribution in [0.2, 0.25) is 0 Å². The molecular weight excluding hydrogens is 422 g/mol. The van der Waals surface area contributed by atoms with Gasteiger partial charge in [0.1, 0.15) is 0 Å². The standard InChI is InChI=1S/C30H49NO3/c1-4-6-8-9-10-11-12-13-14-15-16-17-18-19-20-21-30(32)31-26-27-22-23-28(29(25-27)33-3)34-24-7-5-2/h10-11,13-14,22-23,25H,4-9,12,15-21,24,26H2,1-3H3,(H,31,32)/b11-10+,14-13+. The average Bonchev–Trinajstić information content (AvgIpc) is 2.85. The van der Waals surface area contributed by atoms with E-state index in [9.17, 15) is 4.79 Å². The van der Waals surface area contributed by atoms with Gasteiger partial charge in [0.2, 0.25) is 5.91 Å². The lowest BCUT2D eigenvalue weighted by molar-refractivity contribution is -0.121. The van der Waals surface area contributed by atoms with Gasteiger partial charge >= 0.3 is 0 Å². The maximum atomic E-state index is 12.2. The molecule has 0 aromatic heterocycles. The predicted molar refractivity (Wildman–Crippen MR) is 145 cm³/mol. The smallest absolute Gasteiger partial charge is 0.220 e. The van der Waals surface area contributed by atoms with E-state index in [1.54, 1.807) is 7.11 Å². The van der Waals surface area contributed by atoms with E-state index in [-0.39, 0.29) is 5.91 Å². The minimum absolute atomic E-state index is 0.118. The third-order valence-electron chi connectivity index (χ3n) is 5.83. The highest BCUT2D eigenvalue weighted by Gasteiger charge is 2.07. The van der Waals surface area contributed by atoms with Gasteiger partial charge in [-0.1, -0.05) is 82.7 Å². The average molecular weight is 472 g/mol. The Bertz CT molecular complexity index is 696. The number of carbonyl (C=O) groups is 1. The lowest BCUT2D eigenvalue weighted by atomic mass is 10.1. The van der Waals surface area contributed by atoms with Gasteiger partial charge in [-0.2, -0.15) is 0 Å². The molecule has 0 aliphatic carbocycles. The predicted octanol–water partition coefficient (Wildman–Crippen LogP) is 8.30. The Hall–Kier alpha value is -2.23. The van der Waals surface area contributed by atoms with Crippen LogP contribution in [0.4, 0.5) is 0 Å². The summed E-state index contributed by atoms with van der Waals surface area (Å²) in [5, 5.41) is 3.02. The zero-order valence-electron chi connectivity index (χ0n) is 22.1. The number of unbranched alkanes of at least 4 members (excludes halogenated alkanes) is 9. The zero-order valence-corrected chi connectivity index (χ0v) is 22.1. The van der Waals surface area contributed by atoms with Crippen LogP contribution in [0.15, 0.2) is 42.5 Å². The molecule has 1 aromatic carbocycles. The van der Waals surface area contributed by atoms with Crippen molar-refractivity contribution >= 4 is 5.91 Å². The van der Waals surface area contributed by atoms with Crippen molar-refractivity contribution in [2.24, 2.45) is 0 Å². The number of ether oxygens (including phenoxy) is 2. The van der Waals surface area contributed by atoms with Crippen LogP contribution in [-0.4, -0.2) is 19.6 Å². The SMILES string of the molecule is CCCCC/C=C/C/C=C/CCCCCCCC(=O)NCc1ccc(OCCCC)c(OC)c1. The molecule has 0 saturated carbocycles. The van der Waals surface area contributed by atoms with E-state index in [4.69, 9.17) is 9.47 Å². The summed E-state index contributed by atoms with van der Waals surface area (Å²) in [5.74, 6) is 1.60. The molecule has 0 heterocycles. The molecule has 0 fully saturated rings. The van der Waals surface area contributed by atoms with Crippen molar-refractivity contribution in [3.63, 3.8) is 0 Å². The number of hydrogen-bond donors (Lipinski definition) is 1. The van der Waals surface area contributed by atoms with Crippen LogP contribution < -0.4 is 14.8 Å². The summed E-state index contributed by atoms with van der Waals surface area (Å²) in [5.41, 5.74) is 1.02. The van der Waals surface area contributed by atoms with E-state index in [0.29, 0.717) is 19.6 Å². The molecule has 1 N–H and O–H groups in total. The van der Waals surface area contributed by atoms with Crippen LogP contribution in [0.1, 0.15) is 109 Å². The Morgan fingerprint density at radius 3 is 2.21 bits per heavy atom. The number of benzene rings is 1. The van der Waals surface area contributed by atoms with Crippen molar-refractivity contribution in [1.82, 2.24) is 5.32 Å². The fraction of sp³-hybridized carbons (Fsp3) is 0.633. The number of allylic oxidation sites excluding steroid dienone is 4. The highest BCUT2D eigenvalue weighted by atomic mass is 16.5. The van der Waals surface area contributed by atoms with Gasteiger partial charge in [0.05, 0.1) is 13.7 Å². The summed E-state index contributed by atoms with van der Waals surface area (Å²) >= 11 is 0. The Balaban J connectivity index is 2.06. The monoisotopic (exact) mass is 471 g/mol. The summed E-state index contributed by atoms with van der Waals surface area (Å²) < 4.78 is 11.2. The minimum Gasteiger partial charge on any atom is -0.493 e. The first-order valence-corrected chi connectivity index (χ1v) is 13.6. The minimum atomic E-state index is 0.118. The maximum Gasteiger partial charge on any atom is 0.220 e. The topological polar surface area (TPSA) is 47.6 Å². The lowest BCUT2D eigenvalue weighted by Gasteiger charge is -2.12. The summed E-state index contributed by atoms with van der Waals surface area (Å²) in [4.78, 5) is 12.2. The van der Waals surface area contributed by atoms with E-state index in [1.807, 2.05) is 18.2 Å². The second-order valence-corrected chi connectivity index (χ2v) is 8.94. The maximum absolute atomic E-state index is 12.2. The Kier molecular flexibility index (Phi) is 18.7. The summed E-state index contributed by atoms with van der Waals surface area (Å²) in [6.07, 6.45) is 25.1. The van der Waals surface area contributed by atoms with Crippen LogP contribution in [0.5, 0.6) is 11.5 Å². The number of rotatable bonds is 21. The highest BCUT2D eigenvalue weighted by Crippen LogP contribution is 2.28. The second kappa shape index (κ2) is 21.3. The van der Waals surface area contributed by atoms with Gasteiger partial charge in [-0.05, 0) is 62.6 Å². The van der Waals surface area contributed by atoms with Gasteiger partial charge in [-0.15, -0.1) is 0 Å². The Morgan fingerprint density at radius 1 is 0.824 bits per heavy atom. The molecule has 1 rings (SSSR count). The first kappa shape index (κ1) is 29.8. The number of nitrogens with one attached hydrogen (secondary N) is 1. The van der Waals surface area contributed by atoms with Crippen molar-refractivity contribution in [2.75, 3.05) is 13.7 Å². The molecular formula is C30H49NO3. The van der Waals surface area contributed by atoms with Crippen molar-refractivity contribution in [3.8, 4) is 11.5 Å². The molecule has 1 aromatic rings. The van der Waals surface area contributed by atoms with Gasteiger partial charge in [0, 0.05) is 13.0 Å². The van der Waals surface area contributed by atoms with Gasteiger partial charge in [-0.25, -0.2) is 0 Å². The largest absolute Gasteiger partial charge is 0.493 e. The van der Waals surface area contributed by atoms with Gasteiger partial charge < -0.3 is 14.8 Å². The van der Waals surface area contributed by atoms with E-state index >= 15 is 0 Å². The van der Waals surface area contributed by atoms with Gasteiger partial charge in [0.25, 0.3) is 0 Å². The normalized spacial score (nSPS) is 11.4. The van der Waals surface area contributed by atoms with E-state index < -0.39 is 0 Å². The van der Waals surface area contributed by atoms with E-state index in [2.05, 4.69) is 43.5 Å². The number of methoxy groups -OCH3 is 1. The third-order valence-corrected chi connectivity index (χ3v) is 5.83. The molecule has 0 bridgehead atoms. The van der Waals surface area contributed by atoms with Crippen LogP contribution in [-0.2, 0) is 11.3 Å². The second-order valence-electron chi connectivity index (χ2n) is 8.94. The van der Waals surface area contributed by atoms with Crippen LogP contribution in [0.3, 0.4) is 0 Å². The first-order chi connectivity index (χ1) is 16.7. The fourth-order valence-corrected chi connectivity index (χ4v) is 3.65. The molecule has 192 valence electrons. The fourth-order valence-electron chi connectivity index (χ4n) is 3.65. The van der Waals surface area contributed by atoms with E-state index in [0.717, 1.165) is 55.6 Å². The molecule has 0 spiro atoms. The Morgan fingerprint density at radius 2 is 1.50 bits per heavy atom. The first-order valence-electron chi connectivity index (χ1n) is 13.6. The molecule has 4 heteroatoms. The summed E-state index contributed by atoms with van der Waals surface area (Å²) in [6.45, 7) is 5.59. The molecule has 0 unspecified atom stereocenters. The number of carbonyl (C=O) groups excluding carboxylic acids is 1.